The molecule has 2 rings (SSSR count). The molecule has 0 saturated carbocycles. The number of aromatic carboxylic acids is 1. The summed E-state index contributed by atoms with van der Waals surface area (Å²) in [5.41, 5.74) is 0.515. The first kappa shape index (κ1) is 9.47. The number of nitrogens with zero attached hydrogens (tertiary/aromatic N) is 1. The van der Waals surface area contributed by atoms with Crippen molar-refractivity contribution in [3.05, 3.63) is 41.6 Å². The topological polar surface area (TPSA) is 99.4 Å². The van der Waals surface area contributed by atoms with Gasteiger partial charge in [0.2, 0.25) is 5.76 Å². The zero-order valence-corrected chi connectivity index (χ0v) is 7.54. The van der Waals surface area contributed by atoms with E-state index in [2.05, 4.69) is 10.2 Å². The van der Waals surface area contributed by atoms with Crippen LogP contribution >= 0.6 is 0 Å². The zero-order valence-electron chi connectivity index (χ0n) is 7.54. The highest BCUT2D eigenvalue weighted by atomic mass is 16.4. The molecule has 6 nitrogen and oxygen atoms in total. The Morgan fingerprint density at radius 1 is 1.53 bits per heavy atom. The highest BCUT2D eigenvalue weighted by Crippen LogP contribution is 2.22. The van der Waals surface area contributed by atoms with E-state index in [9.17, 15) is 9.90 Å². The van der Waals surface area contributed by atoms with Crippen molar-refractivity contribution in [3.8, 4) is 0 Å². The number of aromatic nitrogens is 2. The molecule has 2 heterocycles. The van der Waals surface area contributed by atoms with E-state index in [1.54, 1.807) is 0 Å². The van der Waals surface area contributed by atoms with E-state index in [0.29, 0.717) is 5.56 Å². The first-order valence-corrected chi connectivity index (χ1v) is 4.18. The highest BCUT2D eigenvalue weighted by molar-refractivity contribution is 5.84. The molecular formula is C9H8N2O4. The van der Waals surface area contributed by atoms with Gasteiger partial charge in [0.1, 0.15) is 11.9 Å². The van der Waals surface area contributed by atoms with Crippen LogP contribution < -0.4 is 0 Å². The highest BCUT2D eigenvalue weighted by Gasteiger charge is 2.17. The molecule has 0 fully saturated rings. The van der Waals surface area contributed by atoms with E-state index in [0.717, 1.165) is 0 Å². The number of aliphatic hydroxyl groups excluding tert-OH is 1. The lowest BCUT2D eigenvalue weighted by Crippen LogP contribution is -1.97. The van der Waals surface area contributed by atoms with E-state index < -0.39 is 12.1 Å². The van der Waals surface area contributed by atoms with E-state index >= 15 is 0 Å². The molecule has 0 aromatic carbocycles. The van der Waals surface area contributed by atoms with Crippen molar-refractivity contribution in [1.82, 2.24) is 10.2 Å². The Morgan fingerprint density at radius 2 is 2.33 bits per heavy atom. The van der Waals surface area contributed by atoms with E-state index in [1.165, 1.54) is 24.5 Å². The SMILES string of the molecule is O=C(O)c1ccc(C(O)c2cn[nH]c2)o1. The molecule has 2 aromatic rings. The second-order valence-corrected chi connectivity index (χ2v) is 2.94. The third kappa shape index (κ3) is 1.75. The Hall–Kier alpha value is -2.08. The minimum Gasteiger partial charge on any atom is -0.475 e. The normalized spacial score (nSPS) is 12.6. The maximum Gasteiger partial charge on any atom is 0.371 e. The summed E-state index contributed by atoms with van der Waals surface area (Å²) in [7, 11) is 0. The van der Waals surface area contributed by atoms with Gasteiger partial charge < -0.3 is 14.6 Å². The van der Waals surface area contributed by atoms with Crippen LogP contribution in [0.2, 0.25) is 0 Å². The number of carbonyl (C=O) groups is 1. The summed E-state index contributed by atoms with van der Waals surface area (Å²) in [6, 6.07) is 2.71. The van der Waals surface area contributed by atoms with Gasteiger partial charge in [0.05, 0.1) is 6.20 Å². The molecule has 1 unspecified atom stereocenters. The van der Waals surface area contributed by atoms with Gasteiger partial charge in [0.15, 0.2) is 0 Å². The molecule has 0 aliphatic rings. The first-order chi connectivity index (χ1) is 7.18. The molecule has 0 spiro atoms. The Morgan fingerprint density at radius 3 is 2.87 bits per heavy atom. The summed E-state index contributed by atoms with van der Waals surface area (Å²) in [6.07, 6.45) is 1.94. The summed E-state index contributed by atoms with van der Waals surface area (Å²) in [5, 5.41) is 24.6. The summed E-state index contributed by atoms with van der Waals surface area (Å²) < 4.78 is 4.94. The number of H-pyrrole nitrogens is 1. The van der Waals surface area contributed by atoms with Gasteiger partial charge in [-0.2, -0.15) is 5.10 Å². The molecule has 2 aromatic heterocycles. The van der Waals surface area contributed by atoms with Crippen LogP contribution in [0.5, 0.6) is 0 Å². The van der Waals surface area contributed by atoms with Gasteiger partial charge in [-0.25, -0.2) is 4.79 Å². The number of aromatic amines is 1. The number of furan rings is 1. The Balaban J connectivity index is 2.26. The molecule has 6 heteroatoms. The maximum absolute atomic E-state index is 10.5. The zero-order chi connectivity index (χ0) is 10.8. The molecule has 0 amide bonds. The Bertz CT molecular complexity index is 460. The number of hydrogen-bond acceptors (Lipinski definition) is 4. The van der Waals surface area contributed by atoms with Gasteiger partial charge in [0.25, 0.3) is 0 Å². The number of nitrogens with one attached hydrogen (secondary N) is 1. The van der Waals surface area contributed by atoms with Crippen LogP contribution in [-0.2, 0) is 0 Å². The standard InChI is InChI=1S/C9H8N2O4/c12-8(5-3-10-11-4-5)6-1-2-7(15-6)9(13)14/h1-4,8,12H,(H,10,11)(H,13,14). The van der Waals surface area contributed by atoms with Crippen LogP contribution in [-0.4, -0.2) is 26.4 Å². The smallest absolute Gasteiger partial charge is 0.371 e. The number of hydrogen-bond donors (Lipinski definition) is 3. The first-order valence-electron chi connectivity index (χ1n) is 4.18. The van der Waals surface area contributed by atoms with Crippen molar-refractivity contribution in [2.75, 3.05) is 0 Å². The fourth-order valence-corrected chi connectivity index (χ4v) is 1.19. The number of rotatable bonds is 3. The Labute approximate surface area is 84.2 Å². The number of carboxylic acid groups (broad SMARTS) is 1. The molecule has 0 radical (unpaired) electrons. The van der Waals surface area contributed by atoms with Crippen LogP contribution in [0.3, 0.4) is 0 Å². The lowest BCUT2D eigenvalue weighted by atomic mass is 10.1. The Kier molecular flexibility index (Phi) is 2.26. The monoisotopic (exact) mass is 208 g/mol. The number of aliphatic hydroxyl groups is 1. The van der Waals surface area contributed by atoms with E-state index in [-0.39, 0.29) is 11.5 Å². The fourth-order valence-electron chi connectivity index (χ4n) is 1.19. The average Bonchev–Trinajstić information content (AvgIpc) is 2.88. The molecule has 78 valence electrons. The molecule has 0 bridgehead atoms. The third-order valence-electron chi connectivity index (χ3n) is 1.94. The predicted octanol–water partition coefficient (Wildman–Crippen LogP) is 0.783. The quantitative estimate of drug-likeness (QED) is 0.692. The molecule has 3 N–H and O–H groups in total. The van der Waals surface area contributed by atoms with Crippen molar-refractivity contribution in [2.24, 2.45) is 0 Å². The van der Waals surface area contributed by atoms with Crippen LogP contribution in [0.4, 0.5) is 0 Å². The number of carboxylic acids is 1. The summed E-state index contributed by atoms with van der Waals surface area (Å²) >= 11 is 0. The lowest BCUT2D eigenvalue weighted by Gasteiger charge is -2.03. The van der Waals surface area contributed by atoms with Gasteiger partial charge in [-0.1, -0.05) is 0 Å². The summed E-state index contributed by atoms with van der Waals surface area (Å²) in [5.74, 6) is -1.19. The van der Waals surface area contributed by atoms with Crippen molar-refractivity contribution >= 4 is 5.97 Å². The van der Waals surface area contributed by atoms with Gasteiger partial charge >= 0.3 is 5.97 Å². The van der Waals surface area contributed by atoms with Crippen LogP contribution in [0.25, 0.3) is 0 Å². The average molecular weight is 208 g/mol. The minimum absolute atomic E-state index is 0.175. The molecule has 15 heavy (non-hydrogen) atoms. The summed E-state index contributed by atoms with van der Waals surface area (Å²) in [4.78, 5) is 10.5. The van der Waals surface area contributed by atoms with Gasteiger partial charge in [0, 0.05) is 11.8 Å². The van der Waals surface area contributed by atoms with Crippen LogP contribution in [0.1, 0.15) is 28.0 Å². The van der Waals surface area contributed by atoms with E-state index in [1.807, 2.05) is 0 Å². The maximum atomic E-state index is 10.5. The van der Waals surface area contributed by atoms with Crippen molar-refractivity contribution in [3.63, 3.8) is 0 Å². The van der Waals surface area contributed by atoms with Crippen LogP contribution in [0, 0.1) is 0 Å². The van der Waals surface area contributed by atoms with Gasteiger partial charge in [-0.15, -0.1) is 0 Å². The largest absolute Gasteiger partial charge is 0.475 e. The molecule has 0 aliphatic heterocycles. The lowest BCUT2D eigenvalue weighted by molar-refractivity contribution is 0.0655. The predicted molar refractivity (Wildman–Crippen MR) is 48.3 cm³/mol. The third-order valence-corrected chi connectivity index (χ3v) is 1.94. The second-order valence-electron chi connectivity index (χ2n) is 2.94. The minimum atomic E-state index is -1.17. The molecule has 1 atom stereocenters. The van der Waals surface area contributed by atoms with Gasteiger partial charge in [-0.05, 0) is 12.1 Å². The molecule has 0 aliphatic carbocycles. The molecular weight excluding hydrogens is 200 g/mol. The van der Waals surface area contributed by atoms with Crippen LogP contribution in [0.15, 0.2) is 28.9 Å². The van der Waals surface area contributed by atoms with E-state index in [4.69, 9.17) is 9.52 Å². The van der Waals surface area contributed by atoms with Crippen molar-refractivity contribution in [2.45, 2.75) is 6.10 Å². The summed E-state index contributed by atoms with van der Waals surface area (Å²) in [6.45, 7) is 0. The molecule has 0 saturated heterocycles. The van der Waals surface area contributed by atoms with Crippen molar-refractivity contribution < 1.29 is 19.4 Å². The second kappa shape index (κ2) is 3.58. The van der Waals surface area contributed by atoms with Crippen molar-refractivity contribution in [1.29, 1.82) is 0 Å². The fraction of sp³-hybridized carbons (Fsp3) is 0.111. The van der Waals surface area contributed by atoms with Gasteiger partial charge in [-0.3, -0.25) is 5.10 Å².